The van der Waals surface area contributed by atoms with E-state index in [2.05, 4.69) is 26.0 Å². The van der Waals surface area contributed by atoms with Crippen molar-refractivity contribution in [3.63, 3.8) is 0 Å². The highest BCUT2D eigenvalue weighted by molar-refractivity contribution is 5.69. The number of ether oxygens (including phenoxy) is 4. The van der Waals surface area contributed by atoms with Crippen LogP contribution in [0, 0.1) is 0 Å². The number of hydrogen-bond acceptors (Lipinski definition) is 9. The second kappa shape index (κ2) is 32.8. The summed E-state index contributed by atoms with van der Waals surface area (Å²) in [6.45, 7) is 4.53. The maximum Gasteiger partial charge on any atom is 0.306 e. The number of aliphatic hydroxyl groups is 4. The van der Waals surface area contributed by atoms with Crippen molar-refractivity contribution in [3.05, 3.63) is 12.2 Å². The van der Waals surface area contributed by atoms with E-state index in [1.807, 2.05) is 0 Å². The normalized spacial score (nSPS) is 21.8. The number of unbranched alkanes of at least 4 members (excludes halogenated alkanes) is 21. The van der Waals surface area contributed by atoms with Crippen LogP contribution in [0.25, 0.3) is 0 Å². The third kappa shape index (κ3) is 24.7. The summed E-state index contributed by atoms with van der Waals surface area (Å²) in [6.07, 6.45) is 26.6. The van der Waals surface area contributed by atoms with E-state index >= 15 is 0 Å². The van der Waals surface area contributed by atoms with Crippen molar-refractivity contribution in [1.29, 1.82) is 0 Å². The molecular weight excluding hydrogens is 624 g/mol. The van der Waals surface area contributed by atoms with Gasteiger partial charge in [-0.2, -0.15) is 0 Å². The number of hydrogen-bond donors (Lipinski definition) is 4. The SMILES string of the molecule is CCCCC/C=C\CCCCCCCCOCC(COC1OC(CO)C(O)C(O)C1O)OC(=O)CCCCCCCCCCCCCCC. The second-order valence-electron chi connectivity index (χ2n) is 14.1. The summed E-state index contributed by atoms with van der Waals surface area (Å²) >= 11 is 0. The summed E-state index contributed by atoms with van der Waals surface area (Å²) in [6, 6.07) is 0. The lowest BCUT2D eigenvalue weighted by Crippen LogP contribution is -2.59. The molecule has 1 saturated heterocycles. The molecule has 0 aromatic heterocycles. The van der Waals surface area contributed by atoms with Crippen molar-refractivity contribution in [1.82, 2.24) is 0 Å². The molecule has 1 rings (SSSR count). The summed E-state index contributed by atoms with van der Waals surface area (Å²) < 4.78 is 22.7. The number of rotatable bonds is 34. The summed E-state index contributed by atoms with van der Waals surface area (Å²) in [5, 5.41) is 40.0. The highest BCUT2D eigenvalue weighted by atomic mass is 16.7. The second-order valence-corrected chi connectivity index (χ2v) is 14.1. The van der Waals surface area contributed by atoms with E-state index in [9.17, 15) is 25.2 Å². The number of aliphatic hydroxyl groups excluding tert-OH is 4. The molecule has 0 saturated carbocycles. The van der Waals surface area contributed by atoms with E-state index in [1.54, 1.807) is 0 Å². The van der Waals surface area contributed by atoms with Crippen LogP contribution in [-0.2, 0) is 23.7 Å². The van der Waals surface area contributed by atoms with Crippen molar-refractivity contribution in [2.75, 3.05) is 26.4 Å². The van der Waals surface area contributed by atoms with Crippen molar-refractivity contribution in [3.8, 4) is 0 Å². The predicted molar refractivity (Wildman–Crippen MR) is 196 cm³/mol. The minimum atomic E-state index is -1.53. The van der Waals surface area contributed by atoms with Crippen LogP contribution in [-0.4, -0.2) is 89.6 Å². The summed E-state index contributed by atoms with van der Waals surface area (Å²) in [5.74, 6) is -0.315. The molecule has 290 valence electrons. The Bertz CT molecular complexity index is 762. The molecule has 0 radical (unpaired) electrons. The zero-order chi connectivity index (χ0) is 35.8. The Labute approximate surface area is 299 Å². The fourth-order valence-electron chi connectivity index (χ4n) is 6.19. The van der Waals surface area contributed by atoms with Gasteiger partial charge < -0.3 is 39.4 Å². The van der Waals surface area contributed by atoms with Crippen LogP contribution in [0.5, 0.6) is 0 Å². The highest BCUT2D eigenvalue weighted by Gasteiger charge is 2.44. The molecular formula is C40H76O9. The summed E-state index contributed by atoms with van der Waals surface area (Å²) in [7, 11) is 0. The van der Waals surface area contributed by atoms with Crippen molar-refractivity contribution >= 4 is 5.97 Å². The van der Waals surface area contributed by atoms with Crippen molar-refractivity contribution in [2.24, 2.45) is 0 Å². The highest BCUT2D eigenvalue weighted by Crippen LogP contribution is 2.22. The van der Waals surface area contributed by atoms with Gasteiger partial charge in [-0.05, 0) is 38.5 Å². The Balaban J connectivity index is 2.31. The lowest BCUT2D eigenvalue weighted by molar-refractivity contribution is -0.305. The average Bonchev–Trinajstić information content (AvgIpc) is 3.10. The van der Waals surface area contributed by atoms with Gasteiger partial charge in [-0.1, -0.05) is 142 Å². The number of esters is 1. The first-order valence-electron chi connectivity index (χ1n) is 20.3. The van der Waals surface area contributed by atoms with Crippen LogP contribution in [0.2, 0.25) is 0 Å². The largest absolute Gasteiger partial charge is 0.457 e. The molecule has 1 fully saturated rings. The van der Waals surface area contributed by atoms with E-state index in [1.165, 1.54) is 122 Å². The summed E-state index contributed by atoms with van der Waals surface area (Å²) in [4.78, 5) is 12.7. The minimum Gasteiger partial charge on any atom is -0.457 e. The Morgan fingerprint density at radius 3 is 1.69 bits per heavy atom. The molecule has 1 heterocycles. The molecule has 4 N–H and O–H groups in total. The average molecular weight is 701 g/mol. The topological polar surface area (TPSA) is 135 Å². The zero-order valence-electron chi connectivity index (χ0n) is 31.5. The number of carbonyl (C=O) groups excluding carboxylic acids is 1. The molecule has 0 aromatic carbocycles. The maximum atomic E-state index is 12.7. The lowest BCUT2D eigenvalue weighted by Gasteiger charge is -2.39. The van der Waals surface area contributed by atoms with Crippen LogP contribution >= 0.6 is 0 Å². The van der Waals surface area contributed by atoms with E-state index in [0.29, 0.717) is 13.0 Å². The molecule has 0 amide bonds. The minimum absolute atomic E-state index is 0.111. The monoisotopic (exact) mass is 701 g/mol. The van der Waals surface area contributed by atoms with Crippen LogP contribution in [0.15, 0.2) is 12.2 Å². The van der Waals surface area contributed by atoms with Gasteiger partial charge in [0.1, 0.15) is 30.5 Å². The smallest absolute Gasteiger partial charge is 0.306 e. The van der Waals surface area contributed by atoms with Gasteiger partial charge in [0.05, 0.1) is 19.8 Å². The Kier molecular flexibility index (Phi) is 30.8. The van der Waals surface area contributed by atoms with E-state index < -0.39 is 43.4 Å². The van der Waals surface area contributed by atoms with E-state index in [0.717, 1.165) is 32.1 Å². The molecule has 0 aromatic rings. The number of allylic oxidation sites excluding steroid dienone is 2. The van der Waals surface area contributed by atoms with Gasteiger partial charge in [0.2, 0.25) is 0 Å². The first-order chi connectivity index (χ1) is 23.9. The Hall–Kier alpha value is -1.07. The summed E-state index contributed by atoms with van der Waals surface area (Å²) in [5.41, 5.74) is 0. The molecule has 1 aliphatic heterocycles. The fourth-order valence-corrected chi connectivity index (χ4v) is 6.19. The first kappa shape index (κ1) is 46.0. The van der Waals surface area contributed by atoms with E-state index in [4.69, 9.17) is 18.9 Å². The number of carbonyl (C=O) groups is 1. The molecule has 1 aliphatic rings. The van der Waals surface area contributed by atoms with E-state index in [-0.39, 0.29) is 19.2 Å². The van der Waals surface area contributed by atoms with Crippen LogP contribution in [0.3, 0.4) is 0 Å². The molecule has 9 heteroatoms. The Morgan fingerprint density at radius 2 is 1.12 bits per heavy atom. The van der Waals surface area contributed by atoms with Crippen LogP contribution in [0.4, 0.5) is 0 Å². The molecule has 0 bridgehead atoms. The van der Waals surface area contributed by atoms with Gasteiger partial charge in [-0.3, -0.25) is 4.79 Å². The predicted octanol–water partition coefficient (Wildman–Crippen LogP) is 8.08. The third-order valence-corrected chi connectivity index (χ3v) is 9.43. The zero-order valence-corrected chi connectivity index (χ0v) is 31.5. The third-order valence-electron chi connectivity index (χ3n) is 9.43. The van der Waals surface area contributed by atoms with Gasteiger partial charge in [0, 0.05) is 13.0 Å². The fraction of sp³-hybridized carbons (Fsp3) is 0.925. The van der Waals surface area contributed by atoms with Crippen molar-refractivity contribution < 1.29 is 44.2 Å². The molecule has 0 spiro atoms. The standard InChI is InChI=1S/C40H76O9/c1-3-5-7-9-11-13-15-17-19-21-23-25-27-29-36(42)48-34(33-47-40-39(45)38(44)37(43)35(31-41)49-40)32-46-30-28-26-24-22-20-18-16-14-12-10-8-6-4-2/h12,14,34-35,37-41,43-45H,3-11,13,15-33H2,1-2H3/b14-12-. The molecule has 49 heavy (non-hydrogen) atoms. The van der Waals surface area contributed by atoms with Gasteiger partial charge in [0.15, 0.2) is 6.29 Å². The van der Waals surface area contributed by atoms with Gasteiger partial charge in [-0.25, -0.2) is 0 Å². The Morgan fingerprint density at radius 1 is 0.633 bits per heavy atom. The lowest BCUT2D eigenvalue weighted by atomic mass is 9.99. The molecule has 6 unspecified atom stereocenters. The molecule has 9 nitrogen and oxygen atoms in total. The van der Waals surface area contributed by atoms with Gasteiger partial charge >= 0.3 is 5.97 Å². The van der Waals surface area contributed by atoms with Gasteiger partial charge in [0.25, 0.3) is 0 Å². The van der Waals surface area contributed by atoms with Crippen LogP contribution in [0.1, 0.15) is 174 Å². The first-order valence-corrected chi connectivity index (χ1v) is 20.3. The molecule has 0 aliphatic carbocycles. The quantitative estimate of drug-likeness (QED) is 0.0299. The van der Waals surface area contributed by atoms with Crippen LogP contribution < -0.4 is 0 Å². The van der Waals surface area contributed by atoms with Gasteiger partial charge in [-0.15, -0.1) is 0 Å². The maximum absolute atomic E-state index is 12.7. The molecule has 6 atom stereocenters. The van der Waals surface area contributed by atoms with Crippen molar-refractivity contribution in [2.45, 2.75) is 211 Å².